The third kappa shape index (κ3) is 3.07. The summed E-state index contributed by atoms with van der Waals surface area (Å²) in [4.78, 5) is 15.7. The molecule has 106 valence electrons. The zero-order valence-corrected chi connectivity index (χ0v) is 12.1. The van der Waals surface area contributed by atoms with Crippen LogP contribution in [0.5, 0.6) is 0 Å². The van der Waals surface area contributed by atoms with Gasteiger partial charge in [-0.1, -0.05) is 31.7 Å². The zero-order chi connectivity index (χ0) is 13.8. The molecule has 20 heavy (non-hydrogen) atoms. The van der Waals surface area contributed by atoms with Crippen molar-refractivity contribution in [2.45, 2.75) is 44.6 Å². The molecule has 0 bridgehead atoms. The number of thiophene rings is 1. The summed E-state index contributed by atoms with van der Waals surface area (Å²) in [6.07, 6.45) is 7.35. The molecular weight excluding hydrogens is 272 g/mol. The maximum atomic E-state index is 12.1. The lowest BCUT2D eigenvalue weighted by atomic mass is 10.1. The molecule has 1 aliphatic carbocycles. The number of anilines is 1. The molecule has 3 rings (SSSR count). The van der Waals surface area contributed by atoms with Gasteiger partial charge in [-0.25, -0.2) is 0 Å². The van der Waals surface area contributed by atoms with Gasteiger partial charge in [-0.3, -0.25) is 9.78 Å². The highest BCUT2D eigenvalue weighted by atomic mass is 32.1. The molecule has 1 saturated carbocycles. The van der Waals surface area contributed by atoms with E-state index in [4.69, 9.17) is 0 Å². The maximum absolute atomic E-state index is 12.1. The Labute approximate surface area is 121 Å². The van der Waals surface area contributed by atoms with E-state index in [0.717, 1.165) is 17.7 Å². The standard InChI is InChI=1S/C14H18N4OS/c19-13-12(11-8-5-9-20-11)17-18-14(16-13)15-10-6-3-1-2-4-7-10/h5,8-10H,1-4,6-7H2,(H2,15,16,18,19). The Morgan fingerprint density at radius 2 is 2.00 bits per heavy atom. The summed E-state index contributed by atoms with van der Waals surface area (Å²) in [6.45, 7) is 0. The van der Waals surface area contributed by atoms with Crippen molar-refractivity contribution in [3.63, 3.8) is 0 Å². The van der Waals surface area contributed by atoms with E-state index < -0.39 is 0 Å². The van der Waals surface area contributed by atoms with E-state index in [0.29, 0.717) is 17.7 Å². The average molecular weight is 290 g/mol. The van der Waals surface area contributed by atoms with Crippen LogP contribution in [0.3, 0.4) is 0 Å². The summed E-state index contributed by atoms with van der Waals surface area (Å²) < 4.78 is 0. The van der Waals surface area contributed by atoms with Gasteiger partial charge in [0.1, 0.15) is 0 Å². The molecule has 0 saturated heterocycles. The molecule has 0 aromatic carbocycles. The summed E-state index contributed by atoms with van der Waals surface area (Å²) in [6, 6.07) is 4.18. The maximum Gasteiger partial charge on any atom is 0.279 e. The van der Waals surface area contributed by atoms with Crippen molar-refractivity contribution < 1.29 is 0 Å². The molecule has 2 aromatic rings. The van der Waals surface area contributed by atoms with Gasteiger partial charge in [0.05, 0.1) is 4.88 Å². The van der Waals surface area contributed by atoms with Crippen molar-refractivity contribution in [1.29, 1.82) is 0 Å². The topological polar surface area (TPSA) is 70.7 Å². The Kier molecular flexibility index (Phi) is 4.11. The molecule has 2 N–H and O–H groups in total. The summed E-state index contributed by atoms with van der Waals surface area (Å²) >= 11 is 1.49. The van der Waals surface area contributed by atoms with Gasteiger partial charge >= 0.3 is 0 Å². The Hall–Kier alpha value is -1.69. The number of rotatable bonds is 3. The molecule has 0 amide bonds. The molecule has 1 fully saturated rings. The van der Waals surface area contributed by atoms with Crippen LogP contribution < -0.4 is 10.9 Å². The summed E-state index contributed by atoms with van der Waals surface area (Å²) in [5.74, 6) is 0.488. The first kappa shape index (κ1) is 13.3. The minimum atomic E-state index is -0.182. The SMILES string of the molecule is O=c1[nH]c(NC2CCCCCC2)nnc1-c1cccs1. The highest BCUT2D eigenvalue weighted by Gasteiger charge is 2.14. The van der Waals surface area contributed by atoms with Crippen molar-refractivity contribution in [1.82, 2.24) is 15.2 Å². The van der Waals surface area contributed by atoms with Crippen LogP contribution in [0.25, 0.3) is 10.6 Å². The first-order chi connectivity index (χ1) is 9.83. The van der Waals surface area contributed by atoms with Gasteiger partial charge in [0.15, 0.2) is 5.69 Å². The molecule has 0 aliphatic heterocycles. The molecule has 0 spiro atoms. The van der Waals surface area contributed by atoms with Crippen LogP contribution in [-0.2, 0) is 0 Å². The predicted octanol–water partition coefficient (Wildman–Crippen LogP) is 3.03. The van der Waals surface area contributed by atoms with Crippen molar-refractivity contribution in [3.8, 4) is 10.6 Å². The Morgan fingerprint density at radius 3 is 2.65 bits per heavy atom. The van der Waals surface area contributed by atoms with Crippen LogP contribution in [-0.4, -0.2) is 21.2 Å². The second-order valence-electron chi connectivity index (χ2n) is 5.16. The molecule has 2 aromatic heterocycles. The monoisotopic (exact) mass is 290 g/mol. The highest BCUT2D eigenvalue weighted by molar-refractivity contribution is 7.13. The molecule has 0 radical (unpaired) electrons. The van der Waals surface area contributed by atoms with Crippen molar-refractivity contribution in [2.24, 2.45) is 0 Å². The van der Waals surface area contributed by atoms with E-state index in [1.165, 1.54) is 37.0 Å². The third-order valence-electron chi connectivity index (χ3n) is 3.65. The number of hydrogen-bond donors (Lipinski definition) is 2. The molecule has 2 heterocycles. The lowest BCUT2D eigenvalue weighted by Gasteiger charge is -2.15. The largest absolute Gasteiger partial charge is 0.352 e. The Bertz CT molecular complexity index is 600. The predicted molar refractivity (Wildman–Crippen MR) is 81.1 cm³/mol. The number of nitrogens with one attached hydrogen (secondary N) is 2. The quantitative estimate of drug-likeness (QED) is 0.852. The summed E-state index contributed by atoms with van der Waals surface area (Å²) in [5, 5.41) is 13.4. The first-order valence-corrected chi connectivity index (χ1v) is 7.98. The van der Waals surface area contributed by atoms with Gasteiger partial charge in [-0.05, 0) is 24.3 Å². The first-order valence-electron chi connectivity index (χ1n) is 7.10. The minimum Gasteiger partial charge on any atom is -0.352 e. The number of nitrogens with zero attached hydrogens (tertiary/aromatic N) is 2. The van der Waals surface area contributed by atoms with Crippen molar-refractivity contribution >= 4 is 17.3 Å². The van der Waals surface area contributed by atoms with Crippen molar-refractivity contribution in [2.75, 3.05) is 5.32 Å². The normalized spacial score (nSPS) is 16.8. The third-order valence-corrected chi connectivity index (χ3v) is 4.52. The molecular formula is C14H18N4OS. The van der Waals surface area contributed by atoms with Crippen molar-refractivity contribution in [3.05, 3.63) is 27.9 Å². The van der Waals surface area contributed by atoms with Crippen LogP contribution in [0.1, 0.15) is 38.5 Å². The van der Waals surface area contributed by atoms with E-state index in [-0.39, 0.29) is 5.56 Å². The van der Waals surface area contributed by atoms with Gasteiger partial charge in [-0.2, -0.15) is 0 Å². The molecule has 5 nitrogen and oxygen atoms in total. The zero-order valence-electron chi connectivity index (χ0n) is 11.3. The van der Waals surface area contributed by atoms with Gasteiger partial charge < -0.3 is 5.32 Å². The van der Waals surface area contributed by atoms with E-state index in [2.05, 4.69) is 20.5 Å². The van der Waals surface area contributed by atoms with Crippen LogP contribution in [0, 0.1) is 0 Å². The fourth-order valence-corrected chi connectivity index (χ4v) is 3.30. The van der Waals surface area contributed by atoms with Gasteiger partial charge in [0.2, 0.25) is 5.95 Å². The second-order valence-corrected chi connectivity index (χ2v) is 6.11. The number of hydrogen-bond acceptors (Lipinski definition) is 5. The van der Waals surface area contributed by atoms with Gasteiger partial charge in [0, 0.05) is 6.04 Å². The van der Waals surface area contributed by atoms with E-state index in [1.54, 1.807) is 0 Å². The highest BCUT2D eigenvalue weighted by Crippen LogP contribution is 2.20. The fourth-order valence-electron chi connectivity index (χ4n) is 2.59. The minimum absolute atomic E-state index is 0.182. The fraction of sp³-hybridized carbons (Fsp3) is 0.500. The molecule has 6 heteroatoms. The van der Waals surface area contributed by atoms with Crippen LogP contribution in [0.2, 0.25) is 0 Å². The Morgan fingerprint density at radius 1 is 1.20 bits per heavy atom. The number of aromatic nitrogens is 3. The molecule has 0 unspecified atom stereocenters. The molecule has 0 atom stereocenters. The Balaban J connectivity index is 1.75. The van der Waals surface area contributed by atoms with Gasteiger partial charge in [-0.15, -0.1) is 21.5 Å². The smallest absolute Gasteiger partial charge is 0.279 e. The summed E-state index contributed by atoms with van der Waals surface area (Å²) in [5.41, 5.74) is 0.213. The molecule has 1 aliphatic rings. The number of H-pyrrole nitrogens is 1. The lowest BCUT2D eigenvalue weighted by molar-refractivity contribution is 0.612. The van der Waals surface area contributed by atoms with Gasteiger partial charge in [0.25, 0.3) is 5.56 Å². The summed E-state index contributed by atoms with van der Waals surface area (Å²) in [7, 11) is 0. The lowest BCUT2D eigenvalue weighted by Crippen LogP contribution is -2.23. The number of aromatic amines is 1. The average Bonchev–Trinajstić information content (AvgIpc) is 2.85. The van der Waals surface area contributed by atoms with Crippen LogP contribution in [0.4, 0.5) is 5.95 Å². The van der Waals surface area contributed by atoms with Crippen LogP contribution in [0.15, 0.2) is 22.3 Å². The van der Waals surface area contributed by atoms with E-state index in [9.17, 15) is 4.79 Å². The van der Waals surface area contributed by atoms with E-state index in [1.807, 2.05) is 17.5 Å². The van der Waals surface area contributed by atoms with E-state index >= 15 is 0 Å². The van der Waals surface area contributed by atoms with Crippen LogP contribution >= 0.6 is 11.3 Å². The second kappa shape index (κ2) is 6.17.